The lowest BCUT2D eigenvalue weighted by atomic mass is 10.2. The summed E-state index contributed by atoms with van der Waals surface area (Å²) in [4.78, 5) is 26.1. The highest BCUT2D eigenvalue weighted by Gasteiger charge is 2.33. The van der Waals surface area contributed by atoms with Crippen molar-refractivity contribution in [2.45, 2.75) is 43.7 Å². The molecule has 0 bridgehead atoms. The van der Waals surface area contributed by atoms with Crippen LogP contribution in [0.15, 0.2) is 29.2 Å². The monoisotopic (exact) mass is 424 g/mol. The minimum atomic E-state index is -3.54. The number of anilines is 1. The Hall–Kier alpha value is -2.17. The minimum Gasteiger partial charge on any atom is -0.444 e. The molecule has 1 atom stereocenters. The predicted molar refractivity (Wildman–Crippen MR) is 108 cm³/mol. The molecule has 160 valence electrons. The molecule has 2 heterocycles. The third-order valence-corrected chi connectivity index (χ3v) is 6.62. The fraction of sp³-hybridized carbons (Fsp3) is 0.579. The summed E-state index contributed by atoms with van der Waals surface area (Å²) in [6, 6.07) is 5.94. The van der Waals surface area contributed by atoms with Gasteiger partial charge in [0.2, 0.25) is 15.9 Å². The van der Waals surface area contributed by atoms with E-state index in [9.17, 15) is 18.0 Å². The van der Waals surface area contributed by atoms with Crippen LogP contribution in [-0.4, -0.2) is 69.1 Å². The van der Waals surface area contributed by atoms with E-state index < -0.39 is 21.7 Å². The van der Waals surface area contributed by atoms with Crippen LogP contribution in [0, 0.1) is 0 Å². The standard InChI is InChI=1S/C19H28N4O5S/c1-19(2,3)28-18(25)21-14-12-17(24)23(13-14)15-4-6-16(7-5-15)29(26,27)22-10-8-20-9-11-22/h4-7,14,20H,8-13H2,1-3H3,(H,21,25)/t14-/m0/s1. The van der Waals surface area contributed by atoms with Crippen molar-refractivity contribution in [2.24, 2.45) is 0 Å². The number of nitrogens with zero attached hydrogens (tertiary/aromatic N) is 2. The van der Waals surface area contributed by atoms with Gasteiger partial charge in [-0.25, -0.2) is 13.2 Å². The van der Waals surface area contributed by atoms with Crippen LogP contribution >= 0.6 is 0 Å². The van der Waals surface area contributed by atoms with Gasteiger partial charge in [-0.2, -0.15) is 4.31 Å². The summed E-state index contributed by atoms with van der Waals surface area (Å²) in [5.74, 6) is -0.135. The first-order chi connectivity index (χ1) is 13.6. The van der Waals surface area contributed by atoms with Gasteiger partial charge in [0.1, 0.15) is 5.60 Å². The second-order valence-corrected chi connectivity index (χ2v) is 10.1. The number of carbonyl (C=O) groups is 2. The maximum Gasteiger partial charge on any atom is 0.407 e. The highest BCUT2D eigenvalue weighted by atomic mass is 32.2. The number of carbonyl (C=O) groups excluding carboxylic acids is 2. The fourth-order valence-corrected chi connectivity index (χ4v) is 4.80. The zero-order valence-corrected chi connectivity index (χ0v) is 17.8. The van der Waals surface area contributed by atoms with E-state index >= 15 is 0 Å². The fourth-order valence-electron chi connectivity index (χ4n) is 3.36. The number of sulfonamides is 1. The van der Waals surface area contributed by atoms with E-state index in [0.717, 1.165) is 0 Å². The third kappa shape index (κ3) is 5.26. The molecule has 0 radical (unpaired) electrons. The molecule has 9 nitrogen and oxygen atoms in total. The number of ether oxygens (including phenoxy) is 1. The summed E-state index contributed by atoms with van der Waals surface area (Å²) in [7, 11) is -3.54. The van der Waals surface area contributed by atoms with Gasteiger partial charge in [0.05, 0.1) is 10.9 Å². The maximum atomic E-state index is 12.7. The summed E-state index contributed by atoms with van der Waals surface area (Å²) in [6.45, 7) is 7.76. The van der Waals surface area contributed by atoms with E-state index in [1.165, 1.54) is 16.4 Å². The number of hydrogen-bond donors (Lipinski definition) is 2. The molecule has 0 aromatic heterocycles. The summed E-state index contributed by atoms with van der Waals surface area (Å²) in [6.07, 6.45) is -0.394. The molecule has 0 saturated carbocycles. The zero-order valence-electron chi connectivity index (χ0n) is 17.0. The van der Waals surface area contributed by atoms with E-state index in [4.69, 9.17) is 4.74 Å². The van der Waals surface area contributed by atoms with Crippen LogP contribution in [0.3, 0.4) is 0 Å². The van der Waals surface area contributed by atoms with Gasteiger partial charge < -0.3 is 20.3 Å². The van der Waals surface area contributed by atoms with E-state index in [1.807, 2.05) is 0 Å². The topological polar surface area (TPSA) is 108 Å². The van der Waals surface area contributed by atoms with Gasteiger partial charge in [-0.1, -0.05) is 0 Å². The van der Waals surface area contributed by atoms with Crippen LogP contribution in [0.2, 0.25) is 0 Å². The predicted octanol–water partition coefficient (Wildman–Crippen LogP) is 0.911. The number of piperazine rings is 1. The first-order valence-corrected chi connectivity index (χ1v) is 11.1. The second-order valence-electron chi connectivity index (χ2n) is 8.20. The second kappa shape index (κ2) is 8.29. The van der Waals surface area contributed by atoms with Crippen LogP contribution in [0.1, 0.15) is 27.2 Å². The summed E-state index contributed by atoms with van der Waals surface area (Å²) in [5, 5.41) is 5.84. The molecule has 0 unspecified atom stereocenters. The first-order valence-electron chi connectivity index (χ1n) is 9.67. The average Bonchev–Trinajstić information content (AvgIpc) is 3.01. The molecular weight excluding hydrogens is 396 g/mol. The normalized spacial score (nSPS) is 21.3. The molecule has 1 aromatic rings. The van der Waals surface area contributed by atoms with Crippen LogP contribution < -0.4 is 15.5 Å². The van der Waals surface area contributed by atoms with Crippen LogP contribution in [0.25, 0.3) is 0 Å². The summed E-state index contributed by atoms with van der Waals surface area (Å²) >= 11 is 0. The van der Waals surface area contributed by atoms with Gasteiger partial charge in [-0.3, -0.25) is 4.79 Å². The minimum absolute atomic E-state index is 0.135. The van der Waals surface area contributed by atoms with Crippen molar-refractivity contribution in [1.29, 1.82) is 0 Å². The number of benzene rings is 1. The van der Waals surface area contributed by atoms with Gasteiger partial charge >= 0.3 is 6.09 Å². The van der Waals surface area contributed by atoms with Gasteiger partial charge in [0.15, 0.2) is 0 Å². The average molecular weight is 425 g/mol. The lowest BCUT2D eigenvalue weighted by molar-refractivity contribution is -0.117. The smallest absolute Gasteiger partial charge is 0.407 e. The van der Waals surface area contributed by atoms with Crippen LogP contribution in [0.5, 0.6) is 0 Å². The van der Waals surface area contributed by atoms with Crippen molar-refractivity contribution in [2.75, 3.05) is 37.6 Å². The quantitative estimate of drug-likeness (QED) is 0.744. The summed E-state index contributed by atoms with van der Waals surface area (Å²) < 4.78 is 32.1. The Balaban J connectivity index is 1.65. The number of alkyl carbamates (subject to hydrolysis) is 1. The molecule has 2 N–H and O–H groups in total. The molecular formula is C19H28N4O5S. The van der Waals surface area contributed by atoms with Gasteiger partial charge in [0.25, 0.3) is 0 Å². The van der Waals surface area contributed by atoms with Crippen LogP contribution in [0.4, 0.5) is 10.5 Å². The number of rotatable bonds is 4. The summed E-state index contributed by atoms with van der Waals surface area (Å²) in [5.41, 5.74) is -0.0132. The first kappa shape index (κ1) is 21.5. The molecule has 2 aliphatic rings. The van der Waals surface area contributed by atoms with Crippen molar-refractivity contribution in [3.05, 3.63) is 24.3 Å². The van der Waals surface area contributed by atoms with Gasteiger partial charge in [0, 0.05) is 44.8 Å². The molecule has 0 aliphatic carbocycles. The van der Waals surface area contributed by atoms with E-state index in [-0.39, 0.29) is 23.3 Å². The Bertz CT molecular complexity index is 858. The van der Waals surface area contributed by atoms with Crippen molar-refractivity contribution >= 4 is 27.7 Å². The molecule has 2 fully saturated rings. The van der Waals surface area contributed by atoms with Gasteiger partial charge in [-0.15, -0.1) is 0 Å². The molecule has 10 heteroatoms. The third-order valence-electron chi connectivity index (χ3n) is 4.71. The van der Waals surface area contributed by atoms with Crippen molar-refractivity contribution in [3.63, 3.8) is 0 Å². The van der Waals surface area contributed by atoms with Gasteiger partial charge in [-0.05, 0) is 45.0 Å². The van der Waals surface area contributed by atoms with E-state index in [1.54, 1.807) is 37.8 Å². The number of amides is 2. The Morgan fingerprint density at radius 1 is 1.17 bits per heavy atom. The molecule has 1 aromatic carbocycles. The van der Waals surface area contributed by atoms with E-state index in [2.05, 4.69) is 10.6 Å². The van der Waals surface area contributed by atoms with Crippen LogP contribution in [-0.2, 0) is 19.6 Å². The highest BCUT2D eigenvalue weighted by Crippen LogP contribution is 2.25. The Morgan fingerprint density at radius 2 is 1.79 bits per heavy atom. The van der Waals surface area contributed by atoms with Crippen molar-refractivity contribution in [3.8, 4) is 0 Å². The lowest BCUT2D eigenvalue weighted by Gasteiger charge is -2.26. The maximum absolute atomic E-state index is 12.7. The molecule has 29 heavy (non-hydrogen) atoms. The highest BCUT2D eigenvalue weighted by molar-refractivity contribution is 7.89. The van der Waals surface area contributed by atoms with E-state index in [0.29, 0.717) is 38.4 Å². The Kier molecular flexibility index (Phi) is 6.16. The molecule has 3 rings (SSSR count). The molecule has 2 saturated heterocycles. The lowest BCUT2D eigenvalue weighted by Crippen LogP contribution is -2.46. The molecule has 2 aliphatic heterocycles. The van der Waals surface area contributed by atoms with Crippen molar-refractivity contribution in [1.82, 2.24) is 14.9 Å². The zero-order chi connectivity index (χ0) is 21.2. The SMILES string of the molecule is CC(C)(C)OC(=O)N[C@H]1CC(=O)N(c2ccc(S(=O)(=O)N3CCNCC3)cc2)C1. The number of nitrogens with one attached hydrogen (secondary N) is 2. The Morgan fingerprint density at radius 3 is 2.38 bits per heavy atom. The largest absolute Gasteiger partial charge is 0.444 e. The van der Waals surface area contributed by atoms with Crippen molar-refractivity contribution < 1.29 is 22.7 Å². The molecule has 0 spiro atoms. The molecule has 2 amide bonds. The number of hydrogen-bond acceptors (Lipinski definition) is 6. The Labute approximate surface area is 171 Å².